The monoisotopic (exact) mass is 271 g/mol. The third-order valence-electron chi connectivity index (χ3n) is 4.46. The highest BCUT2D eigenvalue weighted by molar-refractivity contribution is 5.77. The Balaban J connectivity index is 1.87. The maximum atomic E-state index is 12.3. The summed E-state index contributed by atoms with van der Waals surface area (Å²) in [7, 11) is 0. The number of ether oxygens (including phenoxy) is 1. The Bertz CT molecular complexity index is 511. The second-order valence-electron chi connectivity index (χ2n) is 5.58. The molecular formula is C17H21NO2. The lowest BCUT2D eigenvalue weighted by atomic mass is 9.99. The summed E-state index contributed by atoms with van der Waals surface area (Å²) in [4.78, 5) is 14.6. The van der Waals surface area contributed by atoms with E-state index in [2.05, 4.69) is 48.2 Å². The molecule has 4 atom stereocenters. The number of carbonyl (C=O) groups excluding carboxylic acids is 1. The first kappa shape index (κ1) is 13.4. The summed E-state index contributed by atoms with van der Waals surface area (Å²) in [5.74, 6) is 0.234. The quantitative estimate of drug-likeness (QED) is 0.623. The van der Waals surface area contributed by atoms with Crippen molar-refractivity contribution in [3.63, 3.8) is 0 Å². The molecule has 1 aromatic rings. The van der Waals surface area contributed by atoms with Gasteiger partial charge in [0.15, 0.2) is 0 Å². The molecule has 0 amide bonds. The van der Waals surface area contributed by atoms with Gasteiger partial charge in [-0.1, -0.05) is 42.5 Å². The molecule has 2 bridgehead atoms. The number of likely N-dealkylation sites (tertiary alicyclic amines) is 1. The molecule has 2 aliphatic rings. The van der Waals surface area contributed by atoms with Gasteiger partial charge in [-0.2, -0.15) is 0 Å². The van der Waals surface area contributed by atoms with Crippen LogP contribution in [0.5, 0.6) is 0 Å². The first-order chi connectivity index (χ1) is 9.72. The van der Waals surface area contributed by atoms with Crippen LogP contribution in [0.2, 0.25) is 0 Å². The van der Waals surface area contributed by atoms with Crippen LogP contribution in [0.15, 0.2) is 42.5 Å². The lowest BCUT2D eigenvalue weighted by Crippen LogP contribution is -2.46. The zero-order valence-corrected chi connectivity index (χ0v) is 12.0. The van der Waals surface area contributed by atoms with Crippen molar-refractivity contribution in [2.24, 2.45) is 5.92 Å². The van der Waals surface area contributed by atoms with E-state index in [4.69, 9.17) is 4.74 Å². The average Bonchev–Trinajstić information content (AvgIpc) is 3.08. The molecule has 3 heteroatoms. The molecule has 1 aliphatic heterocycles. The molecule has 1 aromatic carbocycles. The van der Waals surface area contributed by atoms with E-state index in [1.807, 2.05) is 13.0 Å². The van der Waals surface area contributed by atoms with E-state index in [-0.39, 0.29) is 18.1 Å². The number of carbonyl (C=O) groups is 1. The molecule has 0 radical (unpaired) electrons. The Hall–Kier alpha value is -1.61. The molecule has 0 N–H and O–H groups in total. The third kappa shape index (κ3) is 2.16. The van der Waals surface area contributed by atoms with Gasteiger partial charge >= 0.3 is 5.97 Å². The fourth-order valence-corrected chi connectivity index (χ4v) is 3.55. The third-order valence-corrected chi connectivity index (χ3v) is 4.46. The van der Waals surface area contributed by atoms with Crippen molar-refractivity contribution < 1.29 is 9.53 Å². The van der Waals surface area contributed by atoms with Crippen LogP contribution in [-0.2, 0) is 9.53 Å². The van der Waals surface area contributed by atoms with Crippen molar-refractivity contribution >= 4 is 5.97 Å². The van der Waals surface area contributed by atoms with Crippen molar-refractivity contribution in [1.82, 2.24) is 4.90 Å². The van der Waals surface area contributed by atoms with Crippen molar-refractivity contribution in [1.29, 1.82) is 0 Å². The summed E-state index contributed by atoms with van der Waals surface area (Å²) in [5, 5.41) is 0. The average molecular weight is 271 g/mol. The van der Waals surface area contributed by atoms with Gasteiger partial charge in [0.25, 0.3) is 0 Å². The van der Waals surface area contributed by atoms with E-state index in [1.165, 1.54) is 5.56 Å². The van der Waals surface area contributed by atoms with Crippen LogP contribution in [0.1, 0.15) is 31.9 Å². The van der Waals surface area contributed by atoms with E-state index in [0.717, 1.165) is 6.42 Å². The highest BCUT2D eigenvalue weighted by Crippen LogP contribution is 2.42. The van der Waals surface area contributed by atoms with Crippen LogP contribution >= 0.6 is 0 Å². The van der Waals surface area contributed by atoms with Gasteiger partial charge in [0.2, 0.25) is 0 Å². The van der Waals surface area contributed by atoms with E-state index in [1.54, 1.807) is 0 Å². The largest absolute Gasteiger partial charge is 0.465 e. The minimum atomic E-state index is -0.125. The SMILES string of the molecule is CCOC(=O)[C@@H]1[C@@H]2C=C[C@@H](C2)N1[C@@H](C)c1ccccc1. The van der Waals surface area contributed by atoms with Crippen LogP contribution < -0.4 is 0 Å². The number of nitrogens with zero attached hydrogens (tertiary/aromatic N) is 1. The second kappa shape index (κ2) is 5.41. The van der Waals surface area contributed by atoms with E-state index >= 15 is 0 Å². The van der Waals surface area contributed by atoms with Crippen molar-refractivity contribution in [3.8, 4) is 0 Å². The van der Waals surface area contributed by atoms with E-state index in [9.17, 15) is 4.79 Å². The van der Waals surface area contributed by atoms with Gasteiger partial charge < -0.3 is 4.74 Å². The summed E-state index contributed by atoms with van der Waals surface area (Å²) in [6.45, 7) is 4.49. The van der Waals surface area contributed by atoms with E-state index < -0.39 is 0 Å². The van der Waals surface area contributed by atoms with Crippen molar-refractivity contribution in [2.45, 2.75) is 38.4 Å². The van der Waals surface area contributed by atoms with Gasteiger partial charge in [0, 0.05) is 18.0 Å². The molecule has 1 heterocycles. The van der Waals surface area contributed by atoms with Crippen LogP contribution in [0.25, 0.3) is 0 Å². The predicted octanol–water partition coefficient (Wildman–Crippen LogP) is 2.94. The molecule has 1 saturated heterocycles. The highest BCUT2D eigenvalue weighted by atomic mass is 16.5. The first-order valence-electron chi connectivity index (χ1n) is 7.39. The summed E-state index contributed by atoms with van der Waals surface area (Å²) in [6.07, 6.45) is 5.46. The molecule has 20 heavy (non-hydrogen) atoms. The van der Waals surface area contributed by atoms with Crippen molar-refractivity contribution in [2.75, 3.05) is 6.61 Å². The topological polar surface area (TPSA) is 29.5 Å². The summed E-state index contributed by atoms with van der Waals surface area (Å²) in [6, 6.07) is 10.8. The molecule has 106 valence electrons. The lowest BCUT2D eigenvalue weighted by molar-refractivity contribution is -0.150. The number of esters is 1. The minimum absolute atomic E-state index is 0.0767. The highest BCUT2D eigenvalue weighted by Gasteiger charge is 2.49. The zero-order chi connectivity index (χ0) is 14.1. The lowest BCUT2D eigenvalue weighted by Gasteiger charge is -2.36. The maximum absolute atomic E-state index is 12.3. The Labute approximate surface area is 120 Å². The second-order valence-corrected chi connectivity index (χ2v) is 5.58. The Morgan fingerprint density at radius 1 is 1.35 bits per heavy atom. The fourth-order valence-electron chi connectivity index (χ4n) is 3.55. The maximum Gasteiger partial charge on any atom is 0.323 e. The zero-order valence-electron chi connectivity index (χ0n) is 12.0. The Morgan fingerprint density at radius 2 is 2.10 bits per heavy atom. The Morgan fingerprint density at radius 3 is 2.80 bits per heavy atom. The molecular weight excluding hydrogens is 250 g/mol. The summed E-state index contributed by atoms with van der Waals surface area (Å²) >= 11 is 0. The fraction of sp³-hybridized carbons (Fsp3) is 0.471. The summed E-state index contributed by atoms with van der Waals surface area (Å²) < 4.78 is 5.28. The van der Waals surface area contributed by atoms with Crippen LogP contribution in [0, 0.1) is 5.92 Å². The molecule has 3 rings (SSSR count). The van der Waals surface area contributed by atoms with Gasteiger partial charge in [0.05, 0.1) is 6.61 Å². The molecule has 0 spiro atoms. The van der Waals surface area contributed by atoms with Gasteiger partial charge in [0.1, 0.15) is 6.04 Å². The number of fused-ring (bicyclic) bond motifs is 2. The standard InChI is InChI=1S/C17H21NO2/c1-3-20-17(19)16-14-9-10-15(11-14)18(16)12(2)13-7-5-4-6-8-13/h4-10,12,14-16H,3,11H2,1-2H3/t12-,14+,15-,16-/m0/s1. The molecule has 1 aliphatic carbocycles. The smallest absolute Gasteiger partial charge is 0.323 e. The van der Waals surface area contributed by atoms with Crippen LogP contribution in [0.3, 0.4) is 0 Å². The van der Waals surface area contributed by atoms with Gasteiger partial charge in [-0.25, -0.2) is 0 Å². The van der Waals surface area contributed by atoms with Crippen LogP contribution in [-0.4, -0.2) is 29.6 Å². The molecule has 0 unspecified atom stereocenters. The number of benzene rings is 1. The molecule has 0 saturated carbocycles. The number of hydrogen-bond donors (Lipinski definition) is 0. The minimum Gasteiger partial charge on any atom is -0.465 e. The number of rotatable bonds is 4. The normalized spacial score (nSPS) is 29.6. The van der Waals surface area contributed by atoms with Gasteiger partial charge in [-0.15, -0.1) is 0 Å². The number of hydrogen-bond acceptors (Lipinski definition) is 3. The molecule has 3 nitrogen and oxygen atoms in total. The molecule has 1 fully saturated rings. The van der Waals surface area contributed by atoms with Gasteiger partial charge in [-0.3, -0.25) is 9.69 Å². The molecule has 0 aromatic heterocycles. The Kier molecular flexibility index (Phi) is 3.62. The summed E-state index contributed by atoms with van der Waals surface area (Å²) in [5.41, 5.74) is 1.25. The van der Waals surface area contributed by atoms with Crippen LogP contribution in [0.4, 0.5) is 0 Å². The van der Waals surface area contributed by atoms with Crippen molar-refractivity contribution in [3.05, 3.63) is 48.0 Å². The van der Waals surface area contributed by atoms with E-state index in [0.29, 0.717) is 18.6 Å². The van der Waals surface area contributed by atoms with Gasteiger partial charge in [-0.05, 0) is 25.8 Å². The predicted molar refractivity (Wildman–Crippen MR) is 78.2 cm³/mol. The first-order valence-corrected chi connectivity index (χ1v) is 7.39.